The Labute approximate surface area is 167 Å². The summed E-state index contributed by atoms with van der Waals surface area (Å²) < 4.78 is 15.6. The minimum absolute atomic E-state index is 0.00349. The number of carbonyl (C=O) groups excluding carboxylic acids is 2. The Kier molecular flexibility index (Phi) is 6.23. The molecule has 8 nitrogen and oxygen atoms in total. The molecule has 0 unspecified atom stereocenters. The molecule has 1 aromatic heterocycles. The van der Waals surface area contributed by atoms with E-state index < -0.39 is 0 Å². The predicted molar refractivity (Wildman–Crippen MR) is 107 cm³/mol. The summed E-state index contributed by atoms with van der Waals surface area (Å²) >= 11 is 0. The third kappa shape index (κ3) is 4.60. The predicted octanol–water partition coefficient (Wildman–Crippen LogP) is 3.35. The summed E-state index contributed by atoms with van der Waals surface area (Å²) in [6, 6.07) is 12.3. The molecule has 0 saturated heterocycles. The first kappa shape index (κ1) is 20.1. The number of carbonyl (C=O) groups is 2. The number of fused-ring (bicyclic) bond motifs is 1. The quantitative estimate of drug-likeness (QED) is 0.356. The van der Waals surface area contributed by atoms with E-state index in [1.54, 1.807) is 31.2 Å². The highest BCUT2D eigenvalue weighted by molar-refractivity contribution is 6.07. The molecule has 0 aliphatic rings. The molecule has 0 saturated carbocycles. The van der Waals surface area contributed by atoms with Gasteiger partial charge in [-0.15, -0.1) is 0 Å². The highest BCUT2D eigenvalue weighted by atomic mass is 16.5. The number of hydrogen-bond donors (Lipinski definition) is 1. The zero-order valence-electron chi connectivity index (χ0n) is 16.4. The molecule has 3 rings (SSSR count). The van der Waals surface area contributed by atoms with Gasteiger partial charge in [0.05, 0.1) is 25.3 Å². The van der Waals surface area contributed by atoms with Gasteiger partial charge >= 0.3 is 0 Å². The van der Waals surface area contributed by atoms with E-state index in [0.717, 1.165) is 5.39 Å². The second kappa shape index (κ2) is 9.01. The summed E-state index contributed by atoms with van der Waals surface area (Å²) in [4.78, 5) is 24.4. The van der Waals surface area contributed by atoms with Gasteiger partial charge in [-0.25, -0.2) is 5.43 Å². The van der Waals surface area contributed by atoms with Crippen molar-refractivity contribution < 1.29 is 23.6 Å². The molecule has 0 bridgehead atoms. The highest BCUT2D eigenvalue weighted by Crippen LogP contribution is 2.28. The Morgan fingerprint density at radius 1 is 1.07 bits per heavy atom. The van der Waals surface area contributed by atoms with E-state index >= 15 is 0 Å². The van der Waals surface area contributed by atoms with Crippen LogP contribution in [0.4, 0.5) is 0 Å². The van der Waals surface area contributed by atoms with Crippen molar-refractivity contribution in [2.75, 3.05) is 14.2 Å². The van der Waals surface area contributed by atoms with Crippen molar-refractivity contribution in [2.45, 2.75) is 19.8 Å². The molecule has 150 valence electrons. The van der Waals surface area contributed by atoms with Crippen LogP contribution in [-0.2, 0) is 4.79 Å². The van der Waals surface area contributed by atoms with Crippen LogP contribution >= 0.6 is 0 Å². The van der Waals surface area contributed by atoms with Gasteiger partial charge in [0.15, 0.2) is 22.9 Å². The molecule has 0 spiro atoms. The zero-order chi connectivity index (χ0) is 20.8. The highest BCUT2D eigenvalue weighted by Gasteiger charge is 2.14. The minimum atomic E-state index is -0.369. The third-order valence-corrected chi connectivity index (χ3v) is 4.35. The van der Waals surface area contributed by atoms with Crippen LogP contribution in [0.1, 0.15) is 35.8 Å². The molecule has 0 aliphatic carbocycles. The Morgan fingerprint density at radius 2 is 1.83 bits per heavy atom. The van der Waals surface area contributed by atoms with E-state index in [2.05, 4.69) is 15.7 Å². The average molecular weight is 395 g/mol. The Hall–Kier alpha value is -3.68. The molecule has 0 aliphatic heterocycles. The number of aromatic nitrogens is 1. The fourth-order valence-electron chi connectivity index (χ4n) is 2.78. The topological polar surface area (TPSA) is 103 Å². The number of para-hydroxylation sites is 1. The van der Waals surface area contributed by atoms with Crippen LogP contribution in [0.3, 0.4) is 0 Å². The minimum Gasteiger partial charge on any atom is -0.493 e. The van der Waals surface area contributed by atoms with Gasteiger partial charge in [0.25, 0.3) is 0 Å². The van der Waals surface area contributed by atoms with E-state index in [1.165, 1.54) is 14.2 Å². The normalized spacial score (nSPS) is 11.3. The number of amides is 1. The molecule has 1 N–H and O–H groups in total. The van der Waals surface area contributed by atoms with Crippen LogP contribution in [-0.4, -0.2) is 36.8 Å². The van der Waals surface area contributed by atoms with Gasteiger partial charge in [-0.05, 0) is 37.3 Å². The van der Waals surface area contributed by atoms with Crippen LogP contribution in [0.15, 0.2) is 52.1 Å². The van der Waals surface area contributed by atoms with Crippen molar-refractivity contribution in [1.82, 2.24) is 10.6 Å². The molecular formula is C21H21N3O5. The van der Waals surface area contributed by atoms with E-state index in [4.69, 9.17) is 14.0 Å². The number of benzene rings is 2. The number of Topliss-reactive ketones (excluding diaryl/α,β-unsaturated/α-hetero) is 1. The van der Waals surface area contributed by atoms with Crippen LogP contribution in [0.25, 0.3) is 11.0 Å². The van der Waals surface area contributed by atoms with Gasteiger partial charge in [0.1, 0.15) is 5.69 Å². The van der Waals surface area contributed by atoms with Gasteiger partial charge < -0.3 is 14.0 Å². The maximum Gasteiger partial charge on any atom is 0.240 e. The molecule has 2 aromatic carbocycles. The fourth-order valence-corrected chi connectivity index (χ4v) is 2.78. The van der Waals surface area contributed by atoms with Crippen molar-refractivity contribution in [1.29, 1.82) is 0 Å². The summed E-state index contributed by atoms with van der Waals surface area (Å²) in [6.45, 7) is 1.72. The van der Waals surface area contributed by atoms with E-state index in [9.17, 15) is 9.59 Å². The van der Waals surface area contributed by atoms with Gasteiger partial charge in [0.2, 0.25) is 5.91 Å². The standard InChI is InChI=1S/C21H21N3O5/c1-13(21-15-6-4-5-7-17(15)29-24-21)22-23-20(26)11-9-16(25)14-8-10-18(27-2)19(12-14)28-3/h4-8,10,12H,9,11H2,1-3H3,(H,23,26)/b22-13+. The van der Waals surface area contributed by atoms with Crippen LogP contribution in [0.5, 0.6) is 11.5 Å². The van der Waals surface area contributed by atoms with Crippen molar-refractivity contribution in [3.05, 3.63) is 53.7 Å². The second-order valence-corrected chi connectivity index (χ2v) is 6.25. The van der Waals surface area contributed by atoms with Crippen LogP contribution < -0.4 is 14.9 Å². The van der Waals surface area contributed by atoms with Crippen molar-refractivity contribution >= 4 is 28.4 Å². The molecule has 1 amide bonds. The maximum absolute atomic E-state index is 12.4. The Morgan fingerprint density at radius 3 is 2.59 bits per heavy atom. The average Bonchev–Trinajstić information content (AvgIpc) is 3.19. The zero-order valence-corrected chi connectivity index (χ0v) is 16.4. The fraction of sp³-hybridized carbons (Fsp3) is 0.238. The number of methoxy groups -OCH3 is 2. The molecule has 0 atom stereocenters. The van der Waals surface area contributed by atoms with Crippen molar-refractivity contribution in [2.24, 2.45) is 5.10 Å². The number of hydrogen-bond acceptors (Lipinski definition) is 7. The summed E-state index contributed by atoms with van der Waals surface area (Å²) in [7, 11) is 3.02. The number of hydrazone groups is 1. The SMILES string of the molecule is COc1ccc(C(=O)CCC(=O)N/N=C(\C)c2noc3ccccc23)cc1OC. The van der Waals surface area contributed by atoms with Gasteiger partial charge in [0, 0.05) is 18.4 Å². The van der Waals surface area contributed by atoms with Crippen molar-refractivity contribution in [3.63, 3.8) is 0 Å². The smallest absolute Gasteiger partial charge is 0.240 e. The summed E-state index contributed by atoms with van der Waals surface area (Å²) in [5.74, 6) is 0.449. The molecule has 1 heterocycles. The first-order chi connectivity index (χ1) is 14.0. The molecular weight excluding hydrogens is 374 g/mol. The lowest BCUT2D eigenvalue weighted by atomic mass is 10.1. The number of nitrogens with zero attached hydrogens (tertiary/aromatic N) is 2. The number of nitrogens with one attached hydrogen (secondary N) is 1. The number of rotatable bonds is 8. The van der Waals surface area contributed by atoms with Crippen LogP contribution in [0.2, 0.25) is 0 Å². The molecule has 3 aromatic rings. The maximum atomic E-state index is 12.4. The summed E-state index contributed by atoms with van der Waals surface area (Å²) in [6.07, 6.45) is 0.0479. The molecule has 29 heavy (non-hydrogen) atoms. The number of ether oxygens (including phenoxy) is 2. The summed E-state index contributed by atoms with van der Waals surface area (Å²) in [5, 5.41) is 8.86. The number of ketones is 1. The van der Waals surface area contributed by atoms with E-state index in [1.807, 2.05) is 18.2 Å². The first-order valence-electron chi connectivity index (χ1n) is 8.96. The monoisotopic (exact) mass is 395 g/mol. The van der Waals surface area contributed by atoms with E-state index in [0.29, 0.717) is 34.1 Å². The lowest BCUT2D eigenvalue weighted by Crippen LogP contribution is -2.20. The van der Waals surface area contributed by atoms with Crippen molar-refractivity contribution in [3.8, 4) is 11.5 Å². The van der Waals surface area contributed by atoms with Gasteiger partial charge in [-0.3, -0.25) is 9.59 Å². The molecule has 0 radical (unpaired) electrons. The van der Waals surface area contributed by atoms with Crippen LogP contribution in [0, 0.1) is 0 Å². The Bertz CT molecular complexity index is 1070. The lowest BCUT2D eigenvalue weighted by Gasteiger charge is -2.09. The van der Waals surface area contributed by atoms with E-state index in [-0.39, 0.29) is 24.5 Å². The summed E-state index contributed by atoms with van der Waals surface area (Å²) in [5.41, 5.74) is 4.61. The largest absolute Gasteiger partial charge is 0.493 e. The third-order valence-electron chi connectivity index (χ3n) is 4.35. The molecule has 0 fully saturated rings. The lowest BCUT2D eigenvalue weighted by molar-refractivity contribution is -0.121. The second-order valence-electron chi connectivity index (χ2n) is 6.25. The Balaban J connectivity index is 1.58. The first-order valence-corrected chi connectivity index (χ1v) is 8.96. The van der Waals surface area contributed by atoms with Gasteiger partial charge in [-0.2, -0.15) is 5.10 Å². The molecule has 8 heteroatoms. The van der Waals surface area contributed by atoms with Gasteiger partial charge in [-0.1, -0.05) is 17.3 Å².